The average Bonchev–Trinajstić information content (AvgIpc) is 2.74. The molecule has 8 heteroatoms. The number of amides is 2. The quantitative estimate of drug-likeness (QED) is 0.704. The Hall–Kier alpha value is -2.87. The normalized spacial score (nSPS) is 15.0. The van der Waals surface area contributed by atoms with E-state index in [-0.39, 0.29) is 22.6 Å². The fourth-order valence-corrected chi connectivity index (χ4v) is 4.55. The summed E-state index contributed by atoms with van der Waals surface area (Å²) < 4.78 is 27.6. The van der Waals surface area contributed by atoms with Gasteiger partial charge in [-0.3, -0.25) is 14.3 Å². The first-order valence-electron chi connectivity index (χ1n) is 10.00. The molecule has 1 fully saturated rings. The zero-order chi connectivity index (χ0) is 21.7. The Kier molecular flexibility index (Phi) is 6.77. The first-order valence-corrected chi connectivity index (χ1v) is 11.5. The predicted octanol–water partition coefficient (Wildman–Crippen LogP) is 2.45. The molecule has 1 saturated heterocycles. The van der Waals surface area contributed by atoms with Crippen molar-refractivity contribution in [2.75, 3.05) is 17.8 Å². The van der Waals surface area contributed by atoms with Crippen LogP contribution in [0, 0.1) is 12.8 Å². The van der Waals surface area contributed by atoms with Crippen LogP contribution < -0.4 is 10.5 Å². The molecule has 0 radical (unpaired) electrons. The lowest BCUT2D eigenvalue weighted by atomic mass is 9.96. The number of hydrogen-bond donors (Lipinski definition) is 2. The highest BCUT2D eigenvalue weighted by atomic mass is 32.2. The number of aryl methyl sites for hydroxylation is 2. The molecule has 160 valence electrons. The van der Waals surface area contributed by atoms with E-state index >= 15 is 0 Å². The number of rotatable bonds is 7. The van der Waals surface area contributed by atoms with Crippen molar-refractivity contribution in [1.82, 2.24) is 4.90 Å². The molecule has 2 aromatic carbocycles. The molecule has 2 aromatic rings. The van der Waals surface area contributed by atoms with Crippen molar-refractivity contribution in [3.05, 3.63) is 59.7 Å². The second kappa shape index (κ2) is 9.30. The molecule has 0 saturated carbocycles. The molecule has 0 unspecified atom stereocenters. The molecule has 0 bridgehead atoms. The summed E-state index contributed by atoms with van der Waals surface area (Å²) in [7, 11) is -3.67. The summed E-state index contributed by atoms with van der Waals surface area (Å²) in [5.74, 6) is -0.401. The van der Waals surface area contributed by atoms with Crippen LogP contribution in [-0.4, -0.2) is 38.2 Å². The van der Waals surface area contributed by atoms with Gasteiger partial charge in [-0.05, 0) is 56.0 Å². The van der Waals surface area contributed by atoms with Gasteiger partial charge >= 0.3 is 0 Å². The van der Waals surface area contributed by atoms with Crippen molar-refractivity contribution in [1.29, 1.82) is 0 Å². The third-order valence-corrected chi connectivity index (χ3v) is 6.81. The van der Waals surface area contributed by atoms with E-state index in [1.54, 1.807) is 41.3 Å². The van der Waals surface area contributed by atoms with Gasteiger partial charge in [-0.2, -0.15) is 0 Å². The third-order valence-electron chi connectivity index (χ3n) is 5.42. The van der Waals surface area contributed by atoms with Gasteiger partial charge in [0.1, 0.15) is 0 Å². The van der Waals surface area contributed by atoms with Gasteiger partial charge in [-0.25, -0.2) is 8.42 Å². The monoisotopic (exact) mass is 429 g/mol. The van der Waals surface area contributed by atoms with E-state index in [1.807, 2.05) is 19.1 Å². The number of nitrogens with two attached hydrogens (primary N) is 1. The van der Waals surface area contributed by atoms with Gasteiger partial charge in [-0.15, -0.1) is 0 Å². The van der Waals surface area contributed by atoms with Gasteiger partial charge in [-0.1, -0.05) is 29.8 Å². The number of primary amides is 1. The lowest BCUT2D eigenvalue weighted by Gasteiger charge is -2.30. The number of anilines is 1. The Labute approximate surface area is 177 Å². The molecular weight excluding hydrogens is 402 g/mol. The first-order chi connectivity index (χ1) is 14.2. The second-order valence-electron chi connectivity index (χ2n) is 7.67. The highest BCUT2D eigenvalue weighted by Crippen LogP contribution is 2.20. The highest BCUT2D eigenvalue weighted by Gasteiger charge is 2.25. The Bertz CT molecular complexity index is 994. The van der Waals surface area contributed by atoms with E-state index in [0.29, 0.717) is 44.5 Å². The Morgan fingerprint density at radius 2 is 1.63 bits per heavy atom. The Balaban J connectivity index is 1.53. The van der Waals surface area contributed by atoms with Crippen molar-refractivity contribution in [3.63, 3.8) is 0 Å². The molecule has 1 aliphatic heterocycles. The number of carbonyl (C=O) groups is 2. The van der Waals surface area contributed by atoms with Gasteiger partial charge < -0.3 is 10.6 Å². The van der Waals surface area contributed by atoms with Crippen LogP contribution in [0.3, 0.4) is 0 Å². The molecule has 3 N–H and O–H groups in total. The van der Waals surface area contributed by atoms with Crippen molar-refractivity contribution in [3.8, 4) is 0 Å². The van der Waals surface area contributed by atoms with E-state index in [9.17, 15) is 18.0 Å². The summed E-state index contributed by atoms with van der Waals surface area (Å²) in [5.41, 5.74) is 7.78. The minimum Gasteiger partial charge on any atom is -0.369 e. The molecule has 0 spiro atoms. The van der Waals surface area contributed by atoms with Crippen molar-refractivity contribution in [2.45, 2.75) is 37.5 Å². The third kappa shape index (κ3) is 5.60. The molecular formula is C22H27N3O4S. The van der Waals surface area contributed by atoms with Crippen molar-refractivity contribution >= 4 is 27.5 Å². The van der Waals surface area contributed by atoms with Crippen molar-refractivity contribution in [2.24, 2.45) is 11.7 Å². The van der Waals surface area contributed by atoms with Crippen LogP contribution in [0.25, 0.3) is 0 Å². The van der Waals surface area contributed by atoms with E-state index in [4.69, 9.17) is 5.73 Å². The molecule has 0 aromatic heterocycles. The zero-order valence-corrected chi connectivity index (χ0v) is 17.8. The summed E-state index contributed by atoms with van der Waals surface area (Å²) in [6, 6.07) is 13.7. The van der Waals surface area contributed by atoms with E-state index < -0.39 is 10.0 Å². The number of benzene rings is 2. The van der Waals surface area contributed by atoms with Gasteiger partial charge in [0.05, 0.1) is 4.90 Å². The van der Waals surface area contributed by atoms with Crippen LogP contribution in [0.1, 0.15) is 30.4 Å². The maximum absolute atomic E-state index is 12.5. The number of sulfonamides is 1. The largest absolute Gasteiger partial charge is 0.369 e. The van der Waals surface area contributed by atoms with E-state index in [0.717, 1.165) is 11.1 Å². The zero-order valence-electron chi connectivity index (χ0n) is 17.0. The fraction of sp³-hybridized carbons (Fsp3) is 0.364. The Morgan fingerprint density at radius 3 is 2.20 bits per heavy atom. The topological polar surface area (TPSA) is 110 Å². The number of likely N-dealkylation sites (tertiary alicyclic amines) is 1. The minimum absolute atomic E-state index is 0.0376. The molecule has 0 aliphatic carbocycles. The van der Waals surface area contributed by atoms with Crippen LogP contribution >= 0.6 is 0 Å². The number of nitrogens with one attached hydrogen (secondary N) is 1. The van der Waals surface area contributed by atoms with Crippen LogP contribution in [0.15, 0.2) is 53.4 Å². The van der Waals surface area contributed by atoms with Gasteiger partial charge in [0.15, 0.2) is 0 Å². The first kappa shape index (κ1) is 21.8. The van der Waals surface area contributed by atoms with Crippen LogP contribution in [0.2, 0.25) is 0 Å². The maximum atomic E-state index is 12.5. The van der Waals surface area contributed by atoms with Crippen LogP contribution in [0.5, 0.6) is 0 Å². The summed E-state index contributed by atoms with van der Waals surface area (Å²) >= 11 is 0. The number of hydrogen-bond acceptors (Lipinski definition) is 4. The smallest absolute Gasteiger partial charge is 0.261 e. The van der Waals surface area contributed by atoms with Crippen LogP contribution in [-0.2, 0) is 26.0 Å². The van der Waals surface area contributed by atoms with E-state index in [1.165, 1.54) is 0 Å². The maximum Gasteiger partial charge on any atom is 0.261 e. The second-order valence-corrected chi connectivity index (χ2v) is 9.36. The van der Waals surface area contributed by atoms with E-state index in [2.05, 4.69) is 4.72 Å². The summed E-state index contributed by atoms with van der Waals surface area (Å²) in [4.78, 5) is 25.6. The van der Waals surface area contributed by atoms with Crippen LogP contribution in [0.4, 0.5) is 5.69 Å². The van der Waals surface area contributed by atoms with Gasteiger partial charge in [0, 0.05) is 31.1 Å². The molecule has 1 heterocycles. The lowest BCUT2D eigenvalue weighted by Crippen LogP contribution is -2.41. The van der Waals surface area contributed by atoms with Crippen molar-refractivity contribution < 1.29 is 18.0 Å². The minimum atomic E-state index is -3.67. The summed E-state index contributed by atoms with van der Waals surface area (Å²) in [6.07, 6.45) is 2.10. The molecule has 30 heavy (non-hydrogen) atoms. The molecule has 1 aliphatic rings. The van der Waals surface area contributed by atoms with Gasteiger partial charge in [0.25, 0.3) is 10.0 Å². The number of piperidine rings is 1. The molecule has 0 atom stereocenters. The fourth-order valence-electron chi connectivity index (χ4n) is 3.49. The lowest BCUT2D eigenvalue weighted by molar-refractivity contribution is -0.134. The average molecular weight is 430 g/mol. The number of nitrogens with zero attached hydrogens (tertiary/aromatic N) is 1. The Morgan fingerprint density at radius 1 is 1.03 bits per heavy atom. The SMILES string of the molecule is Cc1ccc(NS(=O)(=O)c2ccc(CCC(=O)N3CCC(C(N)=O)CC3)cc2)cc1. The highest BCUT2D eigenvalue weighted by molar-refractivity contribution is 7.92. The summed E-state index contributed by atoms with van der Waals surface area (Å²) in [5, 5.41) is 0. The molecule has 3 rings (SSSR count). The number of carbonyl (C=O) groups excluding carboxylic acids is 2. The molecule has 7 nitrogen and oxygen atoms in total. The predicted molar refractivity (Wildman–Crippen MR) is 115 cm³/mol. The molecule has 2 amide bonds. The van der Waals surface area contributed by atoms with Gasteiger partial charge in [0.2, 0.25) is 11.8 Å². The summed E-state index contributed by atoms with van der Waals surface area (Å²) in [6.45, 7) is 3.04. The standard InChI is InChI=1S/C22H27N3O4S/c1-16-2-7-19(8-3-16)24-30(28,29)20-9-4-17(5-10-20)6-11-21(26)25-14-12-18(13-15-25)22(23)27/h2-5,7-10,18,24H,6,11-15H2,1H3,(H2,23,27).